The van der Waals surface area contributed by atoms with Crippen molar-refractivity contribution in [2.75, 3.05) is 18.0 Å². The fourth-order valence-electron chi connectivity index (χ4n) is 2.06. The molecule has 0 bridgehead atoms. The van der Waals surface area contributed by atoms with Crippen molar-refractivity contribution in [3.8, 4) is 0 Å². The number of aryl methyl sites for hydroxylation is 1. The maximum absolute atomic E-state index is 5.90. The Morgan fingerprint density at radius 1 is 1.64 bits per heavy atom. The quantitative estimate of drug-likeness (QED) is 0.749. The minimum Gasteiger partial charge on any atom is -0.342 e. The second kappa shape index (κ2) is 3.61. The lowest BCUT2D eigenvalue weighted by molar-refractivity contribution is 0.487. The molecule has 14 heavy (non-hydrogen) atoms. The van der Waals surface area contributed by atoms with E-state index in [2.05, 4.69) is 21.4 Å². The molecular formula is C10H18N4. The lowest BCUT2D eigenvalue weighted by atomic mass is 10.0. The van der Waals surface area contributed by atoms with Gasteiger partial charge in [0.05, 0.1) is 0 Å². The molecule has 0 amide bonds. The third-order valence-corrected chi connectivity index (χ3v) is 3.05. The molecule has 0 aromatic carbocycles. The topological polar surface area (TPSA) is 47.1 Å². The number of hydrogen-bond acceptors (Lipinski definition) is 3. The van der Waals surface area contributed by atoms with Crippen LogP contribution in [0.15, 0.2) is 12.4 Å². The summed E-state index contributed by atoms with van der Waals surface area (Å²) in [5, 5.41) is 0. The first-order valence-corrected chi connectivity index (χ1v) is 5.16. The van der Waals surface area contributed by atoms with Gasteiger partial charge < -0.3 is 15.2 Å². The number of anilines is 1. The SMILES string of the molecule is CC(N)C1CCN(c2nccn2C)C1. The van der Waals surface area contributed by atoms with Crippen LogP contribution in [0.4, 0.5) is 5.95 Å². The summed E-state index contributed by atoms with van der Waals surface area (Å²) in [6.07, 6.45) is 5.01. The molecule has 1 aliphatic rings. The van der Waals surface area contributed by atoms with Crippen molar-refractivity contribution in [2.45, 2.75) is 19.4 Å². The van der Waals surface area contributed by atoms with E-state index in [1.54, 1.807) is 0 Å². The third-order valence-electron chi connectivity index (χ3n) is 3.05. The van der Waals surface area contributed by atoms with Crippen molar-refractivity contribution in [3.05, 3.63) is 12.4 Å². The van der Waals surface area contributed by atoms with Crippen molar-refractivity contribution in [3.63, 3.8) is 0 Å². The highest BCUT2D eigenvalue weighted by Gasteiger charge is 2.26. The summed E-state index contributed by atoms with van der Waals surface area (Å²) in [7, 11) is 2.03. The smallest absolute Gasteiger partial charge is 0.205 e. The van der Waals surface area contributed by atoms with E-state index in [1.165, 1.54) is 6.42 Å². The van der Waals surface area contributed by atoms with Crippen LogP contribution < -0.4 is 10.6 Å². The van der Waals surface area contributed by atoms with Gasteiger partial charge in [-0.25, -0.2) is 4.98 Å². The lowest BCUT2D eigenvalue weighted by Gasteiger charge is -2.18. The number of rotatable bonds is 2. The van der Waals surface area contributed by atoms with Gasteiger partial charge in [0.2, 0.25) is 5.95 Å². The summed E-state index contributed by atoms with van der Waals surface area (Å²) >= 11 is 0. The summed E-state index contributed by atoms with van der Waals surface area (Å²) in [5.41, 5.74) is 5.90. The average Bonchev–Trinajstić information content (AvgIpc) is 2.71. The highest BCUT2D eigenvalue weighted by atomic mass is 15.3. The van der Waals surface area contributed by atoms with Crippen LogP contribution in [0.5, 0.6) is 0 Å². The Bertz CT molecular complexity index is 305. The molecule has 4 nitrogen and oxygen atoms in total. The van der Waals surface area contributed by atoms with E-state index in [-0.39, 0.29) is 0 Å². The van der Waals surface area contributed by atoms with Crippen LogP contribution in [-0.4, -0.2) is 28.7 Å². The van der Waals surface area contributed by atoms with Crippen LogP contribution in [0, 0.1) is 5.92 Å². The van der Waals surface area contributed by atoms with Crippen LogP contribution in [0.25, 0.3) is 0 Å². The molecular weight excluding hydrogens is 176 g/mol. The van der Waals surface area contributed by atoms with Crippen LogP contribution in [0.2, 0.25) is 0 Å². The zero-order valence-electron chi connectivity index (χ0n) is 8.85. The molecule has 2 unspecified atom stereocenters. The molecule has 2 rings (SSSR count). The van der Waals surface area contributed by atoms with Crippen molar-refractivity contribution in [1.82, 2.24) is 9.55 Å². The van der Waals surface area contributed by atoms with Gasteiger partial charge in [-0.05, 0) is 19.3 Å². The summed E-state index contributed by atoms with van der Waals surface area (Å²) in [5.74, 6) is 1.68. The van der Waals surface area contributed by atoms with E-state index >= 15 is 0 Å². The van der Waals surface area contributed by atoms with Crippen molar-refractivity contribution >= 4 is 5.95 Å². The largest absolute Gasteiger partial charge is 0.342 e. The summed E-state index contributed by atoms with van der Waals surface area (Å²) in [6.45, 7) is 4.21. The maximum atomic E-state index is 5.90. The van der Waals surface area contributed by atoms with Crippen LogP contribution >= 0.6 is 0 Å². The Hall–Kier alpha value is -1.03. The van der Waals surface area contributed by atoms with E-state index in [9.17, 15) is 0 Å². The molecule has 0 radical (unpaired) electrons. The Labute approximate surface area is 84.7 Å². The lowest BCUT2D eigenvalue weighted by Crippen LogP contribution is -2.30. The van der Waals surface area contributed by atoms with Gasteiger partial charge in [-0.15, -0.1) is 0 Å². The molecule has 2 N–H and O–H groups in total. The maximum Gasteiger partial charge on any atom is 0.205 e. The molecule has 0 aliphatic carbocycles. The molecule has 4 heteroatoms. The van der Waals surface area contributed by atoms with Gasteiger partial charge in [0.25, 0.3) is 0 Å². The van der Waals surface area contributed by atoms with E-state index in [1.807, 2.05) is 19.4 Å². The van der Waals surface area contributed by atoms with E-state index in [0.717, 1.165) is 19.0 Å². The highest BCUT2D eigenvalue weighted by Crippen LogP contribution is 2.23. The molecule has 1 aromatic heterocycles. The Morgan fingerprint density at radius 3 is 2.93 bits per heavy atom. The fraction of sp³-hybridized carbons (Fsp3) is 0.700. The standard InChI is InChI=1S/C10H18N4/c1-8(11)9-3-5-14(7-9)10-12-4-6-13(10)2/h4,6,8-9H,3,5,7,11H2,1-2H3. The minimum atomic E-state index is 0.292. The Balaban J connectivity index is 2.06. The van der Waals surface area contributed by atoms with Crippen molar-refractivity contribution in [2.24, 2.45) is 18.7 Å². The third kappa shape index (κ3) is 1.62. The molecule has 2 heterocycles. The average molecular weight is 194 g/mol. The van der Waals surface area contributed by atoms with Gasteiger partial charge in [0, 0.05) is 38.6 Å². The van der Waals surface area contributed by atoms with Gasteiger partial charge >= 0.3 is 0 Å². The number of imidazole rings is 1. The second-order valence-electron chi connectivity index (χ2n) is 4.19. The van der Waals surface area contributed by atoms with Crippen molar-refractivity contribution in [1.29, 1.82) is 0 Å². The molecule has 1 saturated heterocycles. The number of nitrogens with zero attached hydrogens (tertiary/aromatic N) is 3. The zero-order valence-corrected chi connectivity index (χ0v) is 8.85. The van der Waals surface area contributed by atoms with E-state index in [0.29, 0.717) is 12.0 Å². The van der Waals surface area contributed by atoms with Gasteiger partial charge in [0.1, 0.15) is 0 Å². The van der Waals surface area contributed by atoms with Crippen LogP contribution in [0.3, 0.4) is 0 Å². The number of nitrogens with two attached hydrogens (primary N) is 1. The van der Waals surface area contributed by atoms with Gasteiger partial charge in [0.15, 0.2) is 0 Å². The second-order valence-corrected chi connectivity index (χ2v) is 4.19. The molecule has 2 atom stereocenters. The normalized spacial score (nSPS) is 24.2. The first kappa shape index (κ1) is 9.52. The highest BCUT2D eigenvalue weighted by molar-refractivity contribution is 5.32. The van der Waals surface area contributed by atoms with Gasteiger partial charge in [-0.1, -0.05) is 0 Å². The monoisotopic (exact) mass is 194 g/mol. The molecule has 0 saturated carbocycles. The summed E-state index contributed by atoms with van der Waals surface area (Å²) < 4.78 is 2.06. The summed E-state index contributed by atoms with van der Waals surface area (Å²) in [4.78, 5) is 6.65. The van der Waals surface area contributed by atoms with Crippen LogP contribution in [-0.2, 0) is 7.05 Å². The Morgan fingerprint density at radius 2 is 2.43 bits per heavy atom. The minimum absolute atomic E-state index is 0.292. The van der Waals surface area contributed by atoms with E-state index in [4.69, 9.17) is 5.73 Å². The van der Waals surface area contributed by atoms with Crippen LogP contribution in [0.1, 0.15) is 13.3 Å². The molecule has 1 aliphatic heterocycles. The summed E-state index contributed by atoms with van der Waals surface area (Å²) in [6, 6.07) is 0.292. The van der Waals surface area contributed by atoms with Crippen molar-refractivity contribution < 1.29 is 0 Å². The van der Waals surface area contributed by atoms with Gasteiger partial charge in [-0.2, -0.15) is 0 Å². The first-order valence-electron chi connectivity index (χ1n) is 5.16. The fourth-order valence-corrected chi connectivity index (χ4v) is 2.06. The first-order chi connectivity index (χ1) is 6.68. The Kier molecular flexibility index (Phi) is 2.46. The van der Waals surface area contributed by atoms with Gasteiger partial charge in [-0.3, -0.25) is 0 Å². The molecule has 1 fully saturated rings. The zero-order chi connectivity index (χ0) is 10.1. The number of aromatic nitrogens is 2. The molecule has 0 spiro atoms. The predicted molar refractivity (Wildman–Crippen MR) is 57.2 cm³/mol. The molecule has 78 valence electrons. The van der Waals surface area contributed by atoms with E-state index < -0.39 is 0 Å². The predicted octanol–water partition coefficient (Wildman–Crippen LogP) is 0.594. The molecule has 1 aromatic rings. The number of hydrogen-bond donors (Lipinski definition) is 1.